The first-order valence-electron chi connectivity index (χ1n) is 4.37. The molecule has 0 aliphatic rings. The molecule has 0 saturated carbocycles. The zero-order valence-corrected chi connectivity index (χ0v) is 9.68. The van der Waals surface area contributed by atoms with E-state index in [1.807, 2.05) is 30.5 Å². The van der Waals surface area contributed by atoms with Crippen molar-refractivity contribution >= 4 is 23.4 Å². The molecular formula is C10H9ClN2OS. The van der Waals surface area contributed by atoms with E-state index in [1.54, 1.807) is 11.8 Å². The van der Waals surface area contributed by atoms with E-state index < -0.39 is 0 Å². The highest BCUT2D eigenvalue weighted by atomic mass is 35.5. The van der Waals surface area contributed by atoms with Crippen molar-refractivity contribution in [3.8, 4) is 11.5 Å². The van der Waals surface area contributed by atoms with Gasteiger partial charge in [-0.2, -0.15) is 0 Å². The number of nitrogens with zero attached hydrogens (tertiary/aromatic N) is 2. The topological polar surface area (TPSA) is 38.9 Å². The van der Waals surface area contributed by atoms with Crippen LogP contribution in [0.15, 0.2) is 33.6 Å². The standard InChI is InChI=1S/C10H9ClN2OS/c1-15-8-5-3-2-4-7(8)10-13-12-9(6-11)14-10/h2-5H,6H2,1H3. The number of halogens is 1. The van der Waals surface area contributed by atoms with Gasteiger partial charge in [0.2, 0.25) is 11.8 Å². The lowest BCUT2D eigenvalue weighted by Gasteiger charge is -2.01. The highest BCUT2D eigenvalue weighted by Gasteiger charge is 2.10. The molecule has 0 atom stereocenters. The summed E-state index contributed by atoms with van der Waals surface area (Å²) < 4.78 is 5.39. The highest BCUT2D eigenvalue weighted by Crippen LogP contribution is 2.28. The molecular weight excluding hydrogens is 232 g/mol. The fourth-order valence-electron chi connectivity index (χ4n) is 1.24. The summed E-state index contributed by atoms with van der Waals surface area (Å²) in [4.78, 5) is 1.11. The molecule has 0 radical (unpaired) electrons. The van der Waals surface area contributed by atoms with Gasteiger partial charge in [-0.25, -0.2) is 0 Å². The average molecular weight is 241 g/mol. The van der Waals surface area contributed by atoms with Crippen LogP contribution in [0, 0.1) is 0 Å². The van der Waals surface area contributed by atoms with Gasteiger partial charge >= 0.3 is 0 Å². The van der Waals surface area contributed by atoms with Gasteiger partial charge < -0.3 is 4.42 Å². The summed E-state index contributed by atoms with van der Waals surface area (Å²) in [6, 6.07) is 7.90. The van der Waals surface area contributed by atoms with Crippen molar-refractivity contribution in [3.63, 3.8) is 0 Å². The Morgan fingerprint density at radius 3 is 2.80 bits per heavy atom. The number of alkyl halides is 1. The van der Waals surface area contributed by atoms with Crippen LogP contribution in [-0.4, -0.2) is 16.5 Å². The number of aromatic nitrogens is 2. The Morgan fingerprint density at radius 2 is 2.13 bits per heavy atom. The zero-order valence-electron chi connectivity index (χ0n) is 8.11. The van der Waals surface area contributed by atoms with Crippen molar-refractivity contribution in [1.82, 2.24) is 10.2 Å². The highest BCUT2D eigenvalue weighted by molar-refractivity contribution is 7.98. The summed E-state index contributed by atoms with van der Waals surface area (Å²) in [5, 5.41) is 7.78. The van der Waals surface area contributed by atoms with Crippen molar-refractivity contribution in [2.75, 3.05) is 6.26 Å². The molecule has 0 unspecified atom stereocenters. The summed E-state index contributed by atoms with van der Waals surface area (Å²) in [5.41, 5.74) is 0.953. The molecule has 0 spiro atoms. The van der Waals surface area contributed by atoms with Crippen molar-refractivity contribution in [3.05, 3.63) is 30.2 Å². The number of thioether (sulfide) groups is 1. The van der Waals surface area contributed by atoms with Crippen LogP contribution in [0.4, 0.5) is 0 Å². The Bertz CT molecular complexity index is 458. The molecule has 0 amide bonds. The third-order valence-corrected chi connectivity index (χ3v) is 2.94. The van der Waals surface area contributed by atoms with Crippen molar-refractivity contribution < 1.29 is 4.42 Å². The van der Waals surface area contributed by atoms with E-state index in [2.05, 4.69) is 10.2 Å². The Morgan fingerprint density at radius 1 is 1.33 bits per heavy atom. The third kappa shape index (κ3) is 2.16. The van der Waals surface area contributed by atoms with Gasteiger partial charge in [0, 0.05) is 4.90 Å². The van der Waals surface area contributed by atoms with Gasteiger partial charge in [-0.05, 0) is 18.4 Å². The minimum atomic E-state index is 0.244. The second-order valence-corrected chi connectivity index (χ2v) is 3.95. The van der Waals surface area contributed by atoms with Crippen molar-refractivity contribution in [1.29, 1.82) is 0 Å². The molecule has 0 N–H and O–H groups in total. The van der Waals surface area contributed by atoms with E-state index in [9.17, 15) is 0 Å². The van der Waals surface area contributed by atoms with Gasteiger partial charge in [-0.1, -0.05) is 12.1 Å². The van der Waals surface area contributed by atoms with Gasteiger partial charge in [0.25, 0.3) is 0 Å². The van der Waals surface area contributed by atoms with Gasteiger partial charge in [0.15, 0.2) is 0 Å². The van der Waals surface area contributed by atoms with Crippen molar-refractivity contribution in [2.45, 2.75) is 10.8 Å². The van der Waals surface area contributed by atoms with Crippen LogP contribution in [0.25, 0.3) is 11.5 Å². The molecule has 3 nitrogen and oxygen atoms in total. The minimum absolute atomic E-state index is 0.244. The quantitative estimate of drug-likeness (QED) is 0.610. The molecule has 2 rings (SSSR count). The first-order chi connectivity index (χ1) is 7.35. The average Bonchev–Trinajstić information content (AvgIpc) is 2.77. The summed E-state index contributed by atoms with van der Waals surface area (Å²) in [6.07, 6.45) is 2.01. The second kappa shape index (κ2) is 4.68. The Kier molecular flexibility index (Phi) is 3.28. The SMILES string of the molecule is CSc1ccccc1-c1nnc(CCl)o1. The maximum absolute atomic E-state index is 5.60. The Labute approximate surface area is 96.8 Å². The number of benzene rings is 1. The third-order valence-electron chi connectivity index (χ3n) is 1.92. The van der Waals surface area contributed by atoms with Crippen LogP contribution in [0.3, 0.4) is 0 Å². The Balaban J connectivity index is 2.44. The van der Waals surface area contributed by atoms with Gasteiger partial charge in [-0.15, -0.1) is 33.6 Å². The number of hydrogen-bond acceptors (Lipinski definition) is 4. The van der Waals surface area contributed by atoms with Crippen LogP contribution in [0.5, 0.6) is 0 Å². The van der Waals surface area contributed by atoms with E-state index in [0.717, 1.165) is 10.5 Å². The molecule has 1 aromatic heterocycles. The molecule has 1 heterocycles. The maximum atomic E-state index is 5.60. The van der Waals surface area contributed by atoms with E-state index in [-0.39, 0.29) is 5.88 Å². The van der Waals surface area contributed by atoms with Crippen LogP contribution in [-0.2, 0) is 5.88 Å². The largest absolute Gasteiger partial charge is 0.419 e. The lowest BCUT2D eigenvalue weighted by molar-refractivity contribution is 0.526. The Hall–Kier alpha value is -1.000. The van der Waals surface area contributed by atoms with Gasteiger partial charge in [-0.3, -0.25) is 0 Å². The van der Waals surface area contributed by atoms with Crippen LogP contribution < -0.4 is 0 Å². The fourth-order valence-corrected chi connectivity index (χ4v) is 1.94. The molecule has 0 aliphatic heterocycles. The van der Waals surface area contributed by atoms with Gasteiger partial charge in [0.05, 0.1) is 5.56 Å². The monoisotopic (exact) mass is 240 g/mol. The summed E-state index contributed by atoms with van der Waals surface area (Å²) in [5.74, 6) is 1.22. The molecule has 0 saturated heterocycles. The normalized spacial score (nSPS) is 10.5. The lowest BCUT2D eigenvalue weighted by atomic mass is 10.2. The maximum Gasteiger partial charge on any atom is 0.248 e. The second-order valence-electron chi connectivity index (χ2n) is 2.83. The number of rotatable bonds is 3. The van der Waals surface area contributed by atoms with E-state index in [4.69, 9.17) is 16.0 Å². The fraction of sp³-hybridized carbons (Fsp3) is 0.200. The molecule has 1 aromatic carbocycles. The predicted molar refractivity (Wildman–Crippen MR) is 61.1 cm³/mol. The van der Waals surface area contributed by atoms with E-state index in [1.165, 1.54) is 0 Å². The number of hydrogen-bond donors (Lipinski definition) is 0. The van der Waals surface area contributed by atoms with E-state index >= 15 is 0 Å². The minimum Gasteiger partial charge on any atom is -0.419 e. The molecule has 5 heteroatoms. The van der Waals surface area contributed by atoms with Crippen molar-refractivity contribution in [2.24, 2.45) is 0 Å². The zero-order chi connectivity index (χ0) is 10.7. The predicted octanol–water partition coefficient (Wildman–Crippen LogP) is 3.20. The molecule has 2 aromatic rings. The first-order valence-corrected chi connectivity index (χ1v) is 6.13. The lowest BCUT2D eigenvalue weighted by Crippen LogP contribution is -1.81. The van der Waals surface area contributed by atoms with Crippen LogP contribution in [0.1, 0.15) is 5.89 Å². The molecule has 15 heavy (non-hydrogen) atoms. The molecule has 0 aliphatic carbocycles. The smallest absolute Gasteiger partial charge is 0.248 e. The summed E-state index contributed by atoms with van der Waals surface area (Å²) in [7, 11) is 0. The molecule has 0 bridgehead atoms. The van der Waals surface area contributed by atoms with Crippen LogP contribution >= 0.6 is 23.4 Å². The molecule has 78 valence electrons. The summed E-state index contributed by atoms with van der Waals surface area (Å²) >= 11 is 7.25. The van der Waals surface area contributed by atoms with Crippen LogP contribution in [0.2, 0.25) is 0 Å². The first kappa shape index (κ1) is 10.5. The molecule has 0 fully saturated rings. The summed E-state index contributed by atoms with van der Waals surface area (Å²) in [6.45, 7) is 0. The van der Waals surface area contributed by atoms with E-state index in [0.29, 0.717) is 11.8 Å². The van der Waals surface area contributed by atoms with Gasteiger partial charge in [0.1, 0.15) is 5.88 Å².